The van der Waals surface area contributed by atoms with Gasteiger partial charge < -0.3 is 10.1 Å². The lowest BCUT2D eigenvalue weighted by Crippen LogP contribution is -2.16. The molecule has 1 N–H and O–H groups in total. The van der Waals surface area contributed by atoms with Crippen molar-refractivity contribution in [1.29, 1.82) is 0 Å². The number of hydrogen-bond acceptors (Lipinski definition) is 3. The minimum Gasteiger partial charge on any atom is -0.496 e. The third-order valence-electron chi connectivity index (χ3n) is 3.20. The van der Waals surface area contributed by atoms with Crippen LogP contribution in [0.5, 0.6) is 5.75 Å². The van der Waals surface area contributed by atoms with Crippen LogP contribution in [-0.2, 0) is 0 Å². The molecule has 0 saturated carbocycles. The minimum atomic E-state index is 0.222. The molecule has 2 nitrogen and oxygen atoms in total. The minimum absolute atomic E-state index is 0.222. The number of methoxy groups -OCH3 is 1. The summed E-state index contributed by atoms with van der Waals surface area (Å²) in [6, 6.07) is 8.79. The Morgan fingerprint density at radius 2 is 1.95 bits per heavy atom. The Balaban J connectivity index is 2.39. The van der Waals surface area contributed by atoms with Gasteiger partial charge in [0.05, 0.1) is 16.9 Å². The van der Waals surface area contributed by atoms with Crippen molar-refractivity contribution in [3.63, 3.8) is 0 Å². The van der Waals surface area contributed by atoms with Crippen LogP contribution in [0, 0.1) is 13.8 Å². The highest BCUT2D eigenvalue weighted by atomic mass is 79.9. The Bertz CT molecular complexity index is 560. The van der Waals surface area contributed by atoms with Gasteiger partial charge in [-0.1, -0.05) is 12.1 Å². The standard InChI is InChI=1S/C15H18BrNOS/c1-9-7-11(5-6-12(9)18-4)14(17-3)13-8-10(2)15(16)19-13/h5-8,14,17H,1-4H3. The summed E-state index contributed by atoms with van der Waals surface area (Å²) in [6.07, 6.45) is 0. The molecule has 2 aromatic rings. The summed E-state index contributed by atoms with van der Waals surface area (Å²) in [6.45, 7) is 4.20. The lowest BCUT2D eigenvalue weighted by Gasteiger charge is -2.16. The van der Waals surface area contributed by atoms with E-state index in [2.05, 4.69) is 53.3 Å². The quantitative estimate of drug-likeness (QED) is 0.888. The van der Waals surface area contributed by atoms with Gasteiger partial charge in [0.1, 0.15) is 5.75 Å². The van der Waals surface area contributed by atoms with Crippen LogP contribution < -0.4 is 10.1 Å². The van der Waals surface area contributed by atoms with Gasteiger partial charge in [-0.15, -0.1) is 11.3 Å². The van der Waals surface area contributed by atoms with Crippen LogP contribution >= 0.6 is 27.3 Å². The molecule has 102 valence electrons. The number of nitrogens with one attached hydrogen (secondary N) is 1. The van der Waals surface area contributed by atoms with E-state index in [0.29, 0.717) is 0 Å². The predicted molar refractivity (Wildman–Crippen MR) is 85.4 cm³/mol. The van der Waals surface area contributed by atoms with Crippen molar-refractivity contribution in [2.75, 3.05) is 14.2 Å². The first kappa shape index (κ1) is 14.6. The second kappa shape index (κ2) is 6.07. The number of aryl methyl sites for hydroxylation is 2. The average Bonchev–Trinajstić information content (AvgIpc) is 2.70. The van der Waals surface area contributed by atoms with E-state index >= 15 is 0 Å². The first-order valence-corrected chi connectivity index (χ1v) is 7.75. The molecule has 0 bridgehead atoms. The average molecular weight is 340 g/mol. The van der Waals surface area contributed by atoms with E-state index in [1.165, 1.54) is 19.8 Å². The fourth-order valence-electron chi connectivity index (χ4n) is 2.18. The third kappa shape index (κ3) is 3.02. The van der Waals surface area contributed by atoms with Crippen molar-refractivity contribution in [2.24, 2.45) is 0 Å². The van der Waals surface area contributed by atoms with Crippen LogP contribution in [0.3, 0.4) is 0 Å². The summed E-state index contributed by atoms with van der Waals surface area (Å²) >= 11 is 5.37. The van der Waals surface area contributed by atoms with Crippen molar-refractivity contribution in [1.82, 2.24) is 5.32 Å². The smallest absolute Gasteiger partial charge is 0.121 e. The molecule has 19 heavy (non-hydrogen) atoms. The first-order valence-electron chi connectivity index (χ1n) is 6.14. The van der Waals surface area contributed by atoms with Crippen LogP contribution in [0.4, 0.5) is 0 Å². The molecule has 0 amide bonds. The maximum atomic E-state index is 5.32. The zero-order valence-electron chi connectivity index (χ0n) is 11.6. The van der Waals surface area contributed by atoms with E-state index in [0.717, 1.165) is 11.3 Å². The number of rotatable bonds is 4. The van der Waals surface area contributed by atoms with Crippen molar-refractivity contribution in [3.8, 4) is 5.75 Å². The van der Waals surface area contributed by atoms with Crippen LogP contribution in [-0.4, -0.2) is 14.2 Å². The molecular formula is C15H18BrNOS. The summed E-state index contributed by atoms with van der Waals surface area (Å²) in [5, 5.41) is 3.39. The van der Waals surface area contributed by atoms with Gasteiger partial charge in [0.2, 0.25) is 0 Å². The normalized spacial score (nSPS) is 12.5. The van der Waals surface area contributed by atoms with Crippen molar-refractivity contribution in [2.45, 2.75) is 19.9 Å². The lowest BCUT2D eigenvalue weighted by molar-refractivity contribution is 0.411. The van der Waals surface area contributed by atoms with Gasteiger partial charge in [0.15, 0.2) is 0 Å². The topological polar surface area (TPSA) is 21.3 Å². The highest BCUT2D eigenvalue weighted by molar-refractivity contribution is 9.11. The van der Waals surface area contributed by atoms with Crippen LogP contribution in [0.2, 0.25) is 0 Å². The summed E-state index contributed by atoms with van der Waals surface area (Å²) in [5.74, 6) is 0.933. The number of thiophene rings is 1. The van der Waals surface area contributed by atoms with Gasteiger partial charge in [-0.05, 0) is 65.6 Å². The largest absolute Gasteiger partial charge is 0.496 e. The van der Waals surface area contributed by atoms with Crippen LogP contribution in [0.1, 0.15) is 27.6 Å². The molecule has 2 rings (SSSR count). The Kier molecular flexibility index (Phi) is 4.66. The molecule has 0 aliphatic rings. The van der Waals surface area contributed by atoms with Crippen LogP contribution in [0.15, 0.2) is 28.1 Å². The second-order valence-corrected chi connectivity index (χ2v) is 6.96. The highest BCUT2D eigenvalue weighted by Gasteiger charge is 2.16. The molecule has 1 aromatic heterocycles. The molecule has 1 aromatic carbocycles. The molecule has 0 fully saturated rings. The number of ether oxygens (including phenoxy) is 1. The number of benzene rings is 1. The third-order valence-corrected chi connectivity index (χ3v) is 5.40. The molecule has 0 saturated heterocycles. The summed E-state index contributed by atoms with van der Waals surface area (Å²) in [7, 11) is 3.70. The molecule has 0 aliphatic heterocycles. The molecular weight excluding hydrogens is 322 g/mol. The molecule has 0 aliphatic carbocycles. The zero-order chi connectivity index (χ0) is 14.0. The SMILES string of the molecule is CNC(c1ccc(OC)c(C)c1)c1cc(C)c(Br)s1. The lowest BCUT2D eigenvalue weighted by atomic mass is 10.0. The Labute approximate surface area is 126 Å². The molecule has 1 unspecified atom stereocenters. The van der Waals surface area contributed by atoms with Gasteiger partial charge in [-0.2, -0.15) is 0 Å². The maximum absolute atomic E-state index is 5.32. The summed E-state index contributed by atoms with van der Waals surface area (Å²) in [5.41, 5.74) is 3.70. The highest BCUT2D eigenvalue weighted by Crippen LogP contribution is 2.35. The fourth-order valence-corrected chi connectivity index (χ4v) is 3.89. The Hall–Kier alpha value is -0.840. The summed E-state index contributed by atoms with van der Waals surface area (Å²) in [4.78, 5) is 1.32. The summed E-state index contributed by atoms with van der Waals surface area (Å²) < 4.78 is 6.52. The molecule has 1 atom stereocenters. The first-order chi connectivity index (χ1) is 9.06. The Morgan fingerprint density at radius 3 is 2.42 bits per heavy atom. The van der Waals surface area contributed by atoms with Crippen molar-refractivity contribution in [3.05, 3.63) is 49.6 Å². The fraction of sp³-hybridized carbons (Fsp3) is 0.333. The molecule has 0 spiro atoms. The zero-order valence-corrected chi connectivity index (χ0v) is 14.0. The molecule has 4 heteroatoms. The van der Waals surface area contributed by atoms with Gasteiger partial charge in [0, 0.05) is 4.88 Å². The van der Waals surface area contributed by atoms with E-state index in [1.807, 2.05) is 13.1 Å². The van der Waals surface area contributed by atoms with E-state index < -0.39 is 0 Å². The van der Waals surface area contributed by atoms with Gasteiger partial charge in [-0.25, -0.2) is 0 Å². The van der Waals surface area contributed by atoms with Gasteiger partial charge in [-0.3, -0.25) is 0 Å². The monoisotopic (exact) mass is 339 g/mol. The van der Waals surface area contributed by atoms with Crippen molar-refractivity contribution >= 4 is 27.3 Å². The van der Waals surface area contributed by atoms with Gasteiger partial charge >= 0.3 is 0 Å². The second-order valence-electron chi connectivity index (χ2n) is 4.56. The molecule has 1 heterocycles. The maximum Gasteiger partial charge on any atom is 0.121 e. The molecule has 0 radical (unpaired) electrons. The van der Waals surface area contributed by atoms with E-state index in [1.54, 1.807) is 18.4 Å². The number of halogens is 1. The predicted octanol–water partition coefficient (Wildman–Crippen LogP) is 4.44. The van der Waals surface area contributed by atoms with E-state index in [9.17, 15) is 0 Å². The van der Waals surface area contributed by atoms with Crippen molar-refractivity contribution < 1.29 is 4.74 Å². The Morgan fingerprint density at radius 1 is 1.21 bits per heavy atom. The van der Waals surface area contributed by atoms with E-state index in [4.69, 9.17) is 4.74 Å². The number of hydrogen-bond donors (Lipinski definition) is 1. The van der Waals surface area contributed by atoms with Gasteiger partial charge in [0.25, 0.3) is 0 Å². The van der Waals surface area contributed by atoms with Crippen LogP contribution in [0.25, 0.3) is 0 Å². The van der Waals surface area contributed by atoms with E-state index in [-0.39, 0.29) is 6.04 Å².